The van der Waals surface area contributed by atoms with Crippen LogP contribution in [0.2, 0.25) is 0 Å². The summed E-state index contributed by atoms with van der Waals surface area (Å²) in [4.78, 5) is 0. The van der Waals surface area contributed by atoms with E-state index in [1.54, 1.807) is 7.11 Å². The molecule has 90 valence electrons. The largest absolute Gasteiger partial charge is 0.379 e. The number of hydrogen-bond acceptors (Lipinski definition) is 2. The molecule has 0 bridgehead atoms. The van der Waals surface area contributed by atoms with Crippen molar-refractivity contribution >= 4 is 0 Å². The van der Waals surface area contributed by atoms with E-state index in [-0.39, 0.29) is 5.60 Å². The van der Waals surface area contributed by atoms with E-state index in [0.29, 0.717) is 6.04 Å². The molecule has 1 saturated carbocycles. The van der Waals surface area contributed by atoms with Crippen molar-refractivity contribution in [1.82, 2.24) is 5.32 Å². The van der Waals surface area contributed by atoms with Crippen molar-refractivity contribution in [2.75, 3.05) is 7.11 Å². The van der Waals surface area contributed by atoms with Crippen LogP contribution in [0.25, 0.3) is 0 Å². The second-order valence-corrected chi connectivity index (χ2v) is 5.59. The lowest BCUT2D eigenvalue weighted by Crippen LogP contribution is -2.42. The standard InChI is InChI=1S/C13H27NO/c1-6-12(11-7-8-11)14-10(2)9-13(3,4)15-5/h10-12,14H,6-9H2,1-5H3. The minimum absolute atomic E-state index is 0.00570. The average molecular weight is 213 g/mol. The summed E-state index contributed by atoms with van der Waals surface area (Å²) in [6, 6.07) is 1.28. The third-order valence-electron chi connectivity index (χ3n) is 3.48. The fraction of sp³-hybridized carbons (Fsp3) is 1.00. The zero-order valence-corrected chi connectivity index (χ0v) is 11.0. The van der Waals surface area contributed by atoms with Crippen LogP contribution in [0.1, 0.15) is 53.4 Å². The van der Waals surface area contributed by atoms with E-state index in [1.165, 1.54) is 19.3 Å². The Labute approximate surface area is 94.8 Å². The minimum atomic E-state index is -0.00570. The molecule has 1 aliphatic carbocycles. The molecule has 0 amide bonds. The van der Waals surface area contributed by atoms with Crippen LogP contribution in [0.4, 0.5) is 0 Å². The highest BCUT2D eigenvalue weighted by atomic mass is 16.5. The van der Waals surface area contributed by atoms with Crippen molar-refractivity contribution < 1.29 is 4.74 Å². The van der Waals surface area contributed by atoms with Gasteiger partial charge in [-0.05, 0) is 52.4 Å². The number of methoxy groups -OCH3 is 1. The topological polar surface area (TPSA) is 21.3 Å². The summed E-state index contributed by atoms with van der Waals surface area (Å²) in [7, 11) is 1.80. The van der Waals surface area contributed by atoms with Crippen LogP contribution in [-0.2, 0) is 4.74 Å². The van der Waals surface area contributed by atoms with Crippen molar-refractivity contribution in [3.8, 4) is 0 Å². The van der Waals surface area contributed by atoms with E-state index < -0.39 is 0 Å². The minimum Gasteiger partial charge on any atom is -0.379 e. The van der Waals surface area contributed by atoms with Gasteiger partial charge in [0.2, 0.25) is 0 Å². The van der Waals surface area contributed by atoms with Gasteiger partial charge in [0.15, 0.2) is 0 Å². The van der Waals surface area contributed by atoms with Crippen LogP contribution in [0.5, 0.6) is 0 Å². The number of nitrogens with one attached hydrogen (secondary N) is 1. The number of rotatable bonds is 7. The van der Waals surface area contributed by atoms with Crippen LogP contribution in [0.3, 0.4) is 0 Å². The highest BCUT2D eigenvalue weighted by Gasteiger charge is 2.31. The maximum absolute atomic E-state index is 5.46. The van der Waals surface area contributed by atoms with Gasteiger partial charge in [-0.15, -0.1) is 0 Å². The average Bonchev–Trinajstić information content (AvgIpc) is 2.97. The zero-order chi connectivity index (χ0) is 11.5. The van der Waals surface area contributed by atoms with Gasteiger partial charge < -0.3 is 10.1 Å². The molecule has 2 heteroatoms. The lowest BCUT2D eigenvalue weighted by Gasteiger charge is -2.29. The van der Waals surface area contributed by atoms with Gasteiger partial charge in [0, 0.05) is 19.2 Å². The summed E-state index contributed by atoms with van der Waals surface area (Å²) in [5.74, 6) is 0.947. The second kappa shape index (κ2) is 5.31. The molecule has 0 heterocycles. The van der Waals surface area contributed by atoms with Crippen molar-refractivity contribution in [2.45, 2.75) is 71.1 Å². The molecule has 1 aliphatic rings. The van der Waals surface area contributed by atoms with Gasteiger partial charge in [0.25, 0.3) is 0 Å². The van der Waals surface area contributed by atoms with Gasteiger partial charge in [0.1, 0.15) is 0 Å². The zero-order valence-electron chi connectivity index (χ0n) is 11.0. The molecule has 0 saturated heterocycles. The molecule has 0 spiro atoms. The highest BCUT2D eigenvalue weighted by molar-refractivity contribution is 4.88. The third kappa shape index (κ3) is 4.52. The van der Waals surface area contributed by atoms with Crippen molar-refractivity contribution in [3.05, 3.63) is 0 Å². The Hall–Kier alpha value is -0.0800. The Kier molecular flexibility index (Phi) is 4.60. The fourth-order valence-electron chi connectivity index (χ4n) is 2.33. The molecular weight excluding hydrogens is 186 g/mol. The van der Waals surface area contributed by atoms with E-state index in [4.69, 9.17) is 4.74 Å². The molecule has 2 nitrogen and oxygen atoms in total. The first-order valence-corrected chi connectivity index (χ1v) is 6.29. The maximum Gasteiger partial charge on any atom is 0.0637 e. The summed E-state index contributed by atoms with van der Waals surface area (Å²) in [6.45, 7) is 8.86. The molecular formula is C13H27NO. The van der Waals surface area contributed by atoms with E-state index in [2.05, 4.69) is 33.0 Å². The van der Waals surface area contributed by atoms with Crippen LogP contribution < -0.4 is 5.32 Å². The summed E-state index contributed by atoms with van der Waals surface area (Å²) < 4.78 is 5.46. The predicted molar refractivity (Wildman–Crippen MR) is 65.1 cm³/mol. The van der Waals surface area contributed by atoms with Crippen LogP contribution in [0, 0.1) is 5.92 Å². The van der Waals surface area contributed by atoms with Crippen molar-refractivity contribution in [2.24, 2.45) is 5.92 Å². The fourth-order valence-corrected chi connectivity index (χ4v) is 2.33. The normalized spacial score (nSPS) is 21.4. The highest BCUT2D eigenvalue weighted by Crippen LogP contribution is 2.34. The second-order valence-electron chi connectivity index (χ2n) is 5.59. The molecule has 15 heavy (non-hydrogen) atoms. The Balaban J connectivity index is 2.30. The monoisotopic (exact) mass is 213 g/mol. The van der Waals surface area contributed by atoms with Gasteiger partial charge >= 0.3 is 0 Å². The van der Waals surface area contributed by atoms with E-state index in [9.17, 15) is 0 Å². The SMILES string of the molecule is CCC(NC(C)CC(C)(C)OC)C1CC1. The Morgan fingerprint density at radius 3 is 2.40 bits per heavy atom. The molecule has 2 atom stereocenters. The third-order valence-corrected chi connectivity index (χ3v) is 3.48. The Morgan fingerprint density at radius 1 is 1.40 bits per heavy atom. The van der Waals surface area contributed by atoms with Crippen molar-refractivity contribution in [1.29, 1.82) is 0 Å². The Bertz CT molecular complexity index is 187. The molecule has 0 radical (unpaired) electrons. The van der Waals surface area contributed by atoms with E-state index in [0.717, 1.165) is 18.4 Å². The molecule has 2 unspecified atom stereocenters. The summed E-state index contributed by atoms with van der Waals surface area (Å²) in [6.07, 6.45) is 5.17. The van der Waals surface area contributed by atoms with Crippen molar-refractivity contribution in [3.63, 3.8) is 0 Å². The van der Waals surface area contributed by atoms with E-state index >= 15 is 0 Å². The van der Waals surface area contributed by atoms with Crippen LogP contribution in [-0.4, -0.2) is 24.8 Å². The van der Waals surface area contributed by atoms with E-state index in [1.807, 2.05) is 0 Å². The molecule has 0 aliphatic heterocycles. The summed E-state index contributed by atoms with van der Waals surface area (Å²) >= 11 is 0. The quantitative estimate of drug-likeness (QED) is 0.702. The number of ether oxygens (including phenoxy) is 1. The van der Waals surface area contributed by atoms with Crippen LogP contribution >= 0.6 is 0 Å². The van der Waals surface area contributed by atoms with Gasteiger partial charge in [-0.2, -0.15) is 0 Å². The first-order chi connectivity index (χ1) is 6.98. The maximum atomic E-state index is 5.46. The molecule has 0 aromatic carbocycles. The smallest absolute Gasteiger partial charge is 0.0637 e. The lowest BCUT2D eigenvalue weighted by atomic mass is 9.98. The molecule has 0 aromatic heterocycles. The van der Waals surface area contributed by atoms with Gasteiger partial charge in [-0.1, -0.05) is 6.92 Å². The molecule has 0 aromatic rings. The van der Waals surface area contributed by atoms with Crippen LogP contribution in [0.15, 0.2) is 0 Å². The molecule has 1 rings (SSSR count). The first-order valence-electron chi connectivity index (χ1n) is 6.29. The molecule has 1 N–H and O–H groups in total. The predicted octanol–water partition coefficient (Wildman–Crippen LogP) is 2.97. The summed E-state index contributed by atoms with van der Waals surface area (Å²) in [5.41, 5.74) is -0.00570. The number of hydrogen-bond donors (Lipinski definition) is 1. The molecule has 1 fully saturated rings. The summed E-state index contributed by atoms with van der Waals surface area (Å²) in [5, 5.41) is 3.74. The van der Waals surface area contributed by atoms with Gasteiger partial charge in [-0.3, -0.25) is 0 Å². The Morgan fingerprint density at radius 2 is 2.00 bits per heavy atom. The van der Waals surface area contributed by atoms with Gasteiger partial charge in [-0.25, -0.2) is 0 Å². The van der Waals surface area contributed by atoms with Gasteiger partial charge in [0.05, 0.1) is 5.60 Å². The lowest BCUT2D eigenvalue weighted by molar-refractivity contribution is 0.00741. The first kappa shape index (κ1) is 13.0.